The highest BCUT2D eigenvalue weighted by Crippen LogP contribution is 2.54. The first-order valence-electron chi connectivity index (χ1n) is 9.21. The number of methoxy groups -OCH3 is 1. The maximum Gasteiger partial charge on any atom is 0.309 e. The Kier molecular flexibility index (Phi) is 5.79. The molecule has 3 atom stereocenters. The summed E-state index contributed by atoms with van der Waals surface area (Å²) in [6, 6.07) is 15.5. The summed E-state index contributed by atoms with van der Waals surface area (Å²) >= 11 is 0. The lowest BCUT2D eigenvalue weighted by molar-refractivity contribution is -0.152. The van der Waals surface area contributed by atoms with Crippen LogP contribution in [-0.4, -0.2) is 32.6 Å². The molecule has 0 radical (unpaired) electrons. The van der Waals surface area contributed by atoms with E-state index >= 15 is 0 Å². The number of hydrogen-bond donors (Lipinski definition) is 1. The highest BCUT2D eigenvalue weighted by molar-refractivity contribution is 5.94. The number of carbonyl (C=O) groups is 2. The highest BCUT2D eigenvalue weighted by atomic mass is 16.5. The number of esters is 1. The monoisotopic (exact) mass is 367 g/mol. The first-order chi connectivity index (χ1) is 13.1. The van der Waals surface area contributed by atoms with Crippen molar-refractivity contribution in [1.82, 2.24) is 5.32 Å². The van der Waals surface area contributed by atoms with Crippen LogP contribution in [0.2, 0.25) is 0 Å². The van der Waals surface area contributed by atoms with E-state index in [1.54, 1.807) is 14.2 Å². The Morgan fingerprint density at radius 2 is 1.67 bits per heavy atom. The van der Waals surface area contributed by atoms with Crippen molar-refractivity contribution in [3.05, 3.63) is 65.2 Å². The standard InChI is InChI=1S/C22H25NO4/c1-4-27-22(25)19-13-18(14-5-7-16(8-6-14)21(24)23-2)20(19)15-9-11-17(26-3)12-10-15/h5-12,18-20H,4,13H2,1-3H3,(H,23,24)/t18?,19-,20-/m0/s1. The van der Waals surface area contributed by atoms with Crippen molar-refractivity contribution >= 4 is 11.9 Å². The molecular weight excluding hydrogens is 342 g/mol. The molecule has 5 nitrogen and oxygen atoms in total. The summed E-state index contributed by atoms with van der Waals surface area (Å²) in [6.07, 6.45) is 0.745. The van der Waals surface area contributed by atoms with Crippen molar-refractivity contribution in [1.29, 1.82) is 0 Å². The van der Waals surface area contributed by atoms with E-state index in [0.717, 1.165) is 23.3 Å². The van der Waals surface area contributed by atoms with Crippen molar-refractivity contribution in [3.8, 4) is 5.75 Å². The molecule has 0 aliphatic heterocycles. The van der Waals surface area contributed by atoms with Crippen LogP contribution in [0.4, 0.5) is 0 Å². The van der Waals surface area contributed by atoms with Gasteiger partial charge in [0.15, 0.2) is 0 Å². The van der Waals surface area contributed by atoms with Gasteiger partial charge in [-0.1, -0.05) is 24.3 Å². The third-order valence-electron chi connectivity index (χ3n) is 5.29. The average Bonchev–Trinajstić information content (AvgIpc) is 2.68. The lowest BCUT2D eigenvalue weighted by Crippen LogP contribution is -2.39. The van der Waals surface area contributed by atoms with Gasteiger partial charge < -0.3 is 14.8 Å². The molecule has 0 heterocycles. The number of benzene rings is 2. The minimum Gasteiger partial charge on any atom is -0.497 e. The van der Waals surface area contributed by atoms with E-state index in [9.17, 15) is 9.59 Å². The van der Waals surface area contributed by atoms with Crippen molar-refractivity contribution in [2.24, 2.45) is 5.92 Å². The number of nitrogens with one attached hydrogen (secondary N) is 1. The Balaban J connectivity index is 1.87. The smallest absolute Gasteiger partial charge is 0.309 e. The molecule has 3 rings (SSSR count). The van der Waals surface area contributed by atoms with Gasteiger partial charge in [0, 0.05) is 18.5 Å². The SMILES string of the molecule is CCOC(=O)[C@H]1CC(c2ccc(C(=O)NC)cc2)[C@@H]1c1ccc(OC)cc1. The van der Waals surface area contributed by atoms with Crippen LogP contribution in [0, 0.1) is 5.92 Å². The molecule has 0 aromatic heterocycles. The van der Waals surface area contributed by atoms with Gasteiger partial charge in [-0.25, -0.2) is 0 Å². The van der Waals surface area contributed by atoms with Crippen molar-refractivity contribution < 1.29 is 19.1 Å². The molecule has 1 amide bonds. The molecule has 1 aliphatic rings. The first-order valence-corrected chi connectivity index (χ1v) is 9.21. The maximum absolute atomic E-state index is 12.4. The molecule has 1 fully saturated rings. The minimum absolute atomic E-state index is 0.0563. The van der Waals surface area contributed by atoms with Gasteiger partial charge in [-0.3, -0.25) is 9.59 Å². The van der Waals surface area contributed by atoms with Crippen LogP contribution >= 0.6 is 0 Å². The van der Waals surface area contributed by atoms with Crippen LogP contribution in [0.25, 0.3) is 0 Å². The third-order valence-corrected chi connectivity index (χ3v) is 5.29. The lowest BCUT2D eigenvalue weighted by atomic mass is 9.59. The molecule has 0 bridgehead atoms. The topological polar surface area (TPSA) is 64.6 Å². The van der Waals surface area contributed by atoms with Gasteiger partial charge in [0.05, 0.1) is 19.6 Å². The molecular formula is C22H25NO4. The van der Waals surface area contributed by atoms with Crippen LogP contribution in [-0.2, 0) is 9.53 Å². The summed E-state index contributed by atoms with van der Waals surface area (Å²) in [4.78, 5) is 24.1. The molecule has 1 saturated carbocycles. The van der Waals surface area contributed by atoms with E-state index in [-0.39, 0.29) is 29.6 Å². The highest BCUT2D eigenvalue weighted by Gasteiger charge is 2.47. The molecule has 2 aromatic carbocycles. The largest absolute Gasteiger partial charge is 0.497 e. The number of ether oxygens (including phenoxy) is 2. The van der Waals surface area contributed by atoms with Crippen LogP contribution < -0.4 is 10.1 Å². The fraction of sp³-hybridized carbons (Fsp3) is 0.364. The van der Waals surface area contributed by atoms with Crippen LogP contribution in [0.1, 0.15) is 46.7 Å². The molecule has 5 heteroatoms. The van der Waals surface area contributed by atoms with Crippen LogP contribution in [0.3, 0.4) is 0 Å². The van der Waals surface area contributed by atoms with Crippen molar-refractivity contribution in [2.75, 3.05) is 20.8 Å². The fourth-order valence-electron chi connectivity index (χ4n) is 3.80. The Hall–Kier alpha value is -2.82. The van der Waals surface area contributed by atoms with E-state index in [1.807, 2.05) is 55.5 Å². The summed E-state index contributed by atoms with van der Waals surface area (Å²) in [5.74, 6) is 0.661. The predicted octanol–water partition coefficient (Wildman–Crippen LogP) is 3.51. The summed E-state index contributed by atoms with van der Waals surface area (Å²) < 4.78 is 10.5. The van der Waals surface area contributed by atoms with Crippen molar-refractivity contribution in [2.45, 2.75) is 25.2 Å². The average molecular weight is 367 g/mol. The first kappa shape index (κ1) is 19.0. The van der Waals surface area contributed by atoms with Gasteiger partial charge >= 0.3 is 5.97 Å². The van der Waals surface area contributed by atoms with Gasteiger partial charge in [-0.05, 0) is 54.7 Å². The Morgan fingerprint density at radius 1 is 1.04 bits per heavy atom. The fourth-order valence-corrected chi connectivity index (χ4v) is 3.80. The second-order valence-electron chi connectivity index (χ2n) is 6.70. The van der Waals surface area contributed by atoms with E-state index in [1.165, 1.54) is 0 Å². The molecule has 1 aliphatic carbocycles. The lowest BCUT2D eigenvalue weighted by Gasteiger charge is -2.44. The maximum atomic E-state index is 12.4. The summed E-state index contributed by atoms with van der Waals surface area (Å²) in [5, 5.41) is 2.63. The van der Waals surface area contributed by atoms with Gasteiger partial charge in [0.2, 0.25) is 0 Å². The van der Waals surface area contributed by atoms with Gasteiger partial charge in [-0.2, -0.15) is 0 Å². The number of amides is 1. The second kappa shape index (κ2) is 8.25. The molecule has 1 N–H and O–H groups in total. The zero-order valence-corrected chi connectivity index (χ0v) is 15.9. The van der Waals surface area contributed by atoms with Gasteiger partial charge in [0.1, 0.15) is 5.75 Å². The van der Waals surface area contributed by atoms with Crippen molar-refractivity contribution in [3.63, 3.8) is 0 Å². The Morgan fingerprint density at radius 3 is 2.22 bits per heavy atom. The number of rotatable bonds is 6. The minimum atomic E-state index is -0.151. The summed E-state index contributed by atoms with van der Waals surface area (Å²) in [7, 11) is 3.25. The van der Waals surface area contributed by atoms with E-state index in [4.69, 9.17) is 9.47 Å². The molecule has 2 aromatic rings. The zero-order valence-electron chi connectivity index (χ0n) is 15.9. The molecule has 0 saturated heterocycles. The normalized spacial score (nSPS) is 21.1. The summed E-state index contributed by atoms with van der Waals surface area (Å²) in [6.45, 7) is 2.21. The summed E-state index contributed by atoms with van der Waals surface area (Å²) in [5.41, 5.74) is 2.85. The quantitative estimate of drug-likeness (QED) is 0.794. The predicted molar refractivity (Wildman–Crippen MR) is 103 cm³/mol. The van der Waals surface area contributed by atoms with E-state index in [2.05, 4.69) is 5.32 Å². The van der Waals surface area contributed by atoms with Crippen LogP contribution in [0.5, 0.6) is 5.75 Å². The molecule has 27 heavy (non-hydrogen) atoms. The van der Waals surface area contributed by atoms with Gasteiger partial charge in [0.25, 0.3) is 5.91 Å². The zero-order chi connectivity index (χ0) is 19.4. The molecule has 1 unspecified atom stereocenters. The van der Waals surface area contributed by atoms with Crippen LogP contribution in [0.15, 0.2) is 48.5 Å². The Bertz CT molecular complexity index is 798. The van der Waals surface area contributed by atoms with E-state index in [0.29, 0.717) is 12.2 Å². The molecule has 142 valence electrons. The van der Waals surface area contributed by atoms with E-state index < -0.39 is 0 Å². The number of hydrogen-bond acceptors (Lipinski definition) is 4. The third kappa shape index (κ3) is 3.82. The molecule has 0 spiro atoms. The number of carbonyl (C=O) groups excluding carboxylic acids is 2. The Labute approximate surface area is 159 Å². The van der Waals surface area contributed by atoms with Gasteiger partial charge in [-0.15, -0.1) is 0 Å². The second-order valence-corrected chi connectivity index (χ2v) is 6.70.